The topological polar surface area (TPSA) is 94.0 Å². The maximum absolute atomic E-state index is 12.0. The van der Waals surface area contributed by atoms with Crippen LogP contribution in [0, 0.1) is 5.92 Å². The molecular formula is C16H22N4O2. The van der Waals surface area contributed by atoms with Crippen LogP contribution in [0.5, 0.6) is 0 Å². The molecule has 0 bridgehead atoms. The molecule has 6 nitrogen and oxygen atoms in total. The second kappa shape index (κ2) is 7.17. The molecule has 0 aliphatic heterocycles. The number of rotatable bonds is 6. The summed E-state index contributed by atoms with van der Waals surface area (Å²) in [4.78, 5) is 16.3. The van der Waals surface area contributed by atoms with Crippen LogP contribution in [0.1, 0.15) is 44.1 Å². The molecule has 0 radical (unpaired) electrons. The van der Waals surface area contributed by atoms with Crippen LogP contribution in [-0.4, -0.2) is 22.1 Å². The zero-order valence-electron chi connectivity index (χ0n) is 13.1. The van der Waals surface area contributed by atoms with E-state index in [-0.39, 0.29) is 23.9 Å². The van der Waals surface area contributed by atoms with Gasteiger partial charge < -0.3 is 15.6 Å². The van der Waals surface area contributed by atoms with Gasteiger partial charge in [0.2, 0.25) is 11.8 Å². The highest BCUT2D eigenvalue weighted by Crippen LogP contribution is 2.13. The van der Waals surface area contributed by atoms with Crippen LogP contribution in [0.4, 0.5) is 0 Å². The van der Waals surface area contributed by atoms with E-state index in [0.29, 0.717) is 18.1 Å². The highest BCUT2D eigenvalue weighted by molar-refractivity contribution is 5.79. The van der Waals surface area contributed by atoms with Gasteiger partial charge in [0, 0.05) is 18.4 Å². The molecule has 2 rings (SSSR count). The third kappa shape index (κ3) is 4.14. The number of benzene rings is 1. The van der Waals surface area contributed by atoms with Crippen LogP contribution < -0.4 is 11.1 Å². The second-order valence-electron chi connectivity index (χ2n) is 5.59. The van der Waals surface area contributed by atoms with Crippen LogP contribution in [0.25, 0.3) is 0 Å². The van der Waals surface area contributed by atoms with E-state index < -0.39 is 0 Å². The number of hydrogen-bond donors (Lipinski definition) is 2. The zero-order chi connectivity index (χ0) is 16.1. The molecule has 3 N–H and O–H groups in total. The van der Waals surface area contributed by atoms with Crippen molar-refractivity contribution in [2.45, 2.75) is 39.3 Å². The molecule has 2 aromatic rings. The molecule has 3 unspecified atom stereocenters. The average molecular weight is 302 g/mol. The number of carbonyl (C=O) groups is 1. The first-order valence-corrected chi connectivity index (χ1v) is 7.39. The van der Waals surface area contributed by atoms with Gasteiger partial charge in [-0.2, -0.15) is 4.98 Å². The number of nitrogens with one attached hydrogen (secondary N) is 1. The minimum absolute atomic E-state index is 0.120. The molecule has 0 aliphatic carbocycles. The highest BCUT2D eigenvalue weighted by Gasteiger charge is 2.22. The molecule has 3 atom stereocenters. The van der Waals surface area contributed by atoms with Crippen LogP contribution in [0.2, 0.25) is 0 Å². The summed E-state index contributed by atoms with van der Waals surface area (Å²) in [6.45, 7) is 5.41. The Labute approximate surface area is 130 Å². The predicted molar refractivity (Wildman–Crippen MR) is 82.9 cm³/mol. The lowest BCUT2D eigenvalue weighted by Gasteiger charge is -2.17. The quantitative estimate of drug-likeness (QED) is 0.849. The molecule has 0 fully saturated rings. The first kappa shape index (κ1) is 16.2. The third-order valence-corrected chi connectivity index (χ3v) is 3.62. The summed E-state index contributed by atoms with van der Waals surface area (Å²) in [5, 5.41) is 6.80. The normalized spacial score (nSPS) is 15.1. The van der Waals surface area contributed by atoms with E-state index in [2.05, 4.69) is 15.5 Å². The number of nitrogens with two attached hydrogens (primary N) is 1. The summed E-state index contributed by atoms with van der Waals surface area (Å²) in [6, 6.07) is 9.36. The van der Waals surface area contributed by atoms with Gasteiger partial charge in [-0.1, -0.05) is 42.4 Å². The number of hydrogen-bond acceptors (Lipinski definition) is 5. The van der Waals surface area contributed by atoms with Crippen LogP contribution in [-0.2, 0) is 11.2 Å². The number of carbonyl (C=O) groups excluding carboxylic acids is 1. The van der Waals surface area contributed by atoms with Gasteiger partial charge in [-0.15, -0.1) is 0 Å². The fourth-order valence-electron chi connectivity index (χ4n) is 1.94. The molecule has 6 heteroatoms. The number of amides is 1. The number of nitrogens with zero attached hydrogens (tertiary/aromatic N) is 2. The minimum atomic E-state index is -0.342. The zero-order valence-corrected chi connectivity index (χ0v) is 13.1. The van der Waals surface area contributed by atoms with E-state index in [1.54, 1.807) is 13.8 Å². The Morgan fingerprint density at radius 3 is 2.59 bits per heavy atom. The first-order chi connectivity index (χ1) is 10.5. The van der Waals surface area contributed by atoms with Gasteiger partial charge in [-0.25, -0.2) is 0 Å². The van der Waals surface area contributed by atoms with Crippen molar-refractivity contribution in [3.05, 3.63) is 47.6 Å². The number of aromatic nitrogens is 2. The maximum Gasteiger partial charge on any atom is 0.248 e. The van der Waals surface area contributed by atoms with E-state index in [9.17, 15) is 4.79 Å². The van der Waals surface area contributed by atoms with Crippen molar-refractivity contribution < 1.29 is 9.32 Å². The molecule has 0 spiro atoms. The maximum atomic E-state index is 12.0. The molecule has 0 saturated heterocycles. The van der Waals surface area contributed by atoms with Crippen molar-refractivity contribution in [3.63, 3.8) is 0 Å². The summed E-state index contributed by atoms with van der Waals surface area (Å²) in [7, 11) is 0. The Kier molecular flexibility index (Phi) is 5.27. The summed E-state index contributed by atoms with van der Waals surface area (Å²) in [5.74, 6) is 0.609. The largest absolute Gasteiger partial charge is 0.344 e. The van der Waals surface area contributed by atoms with Gasteiger partial charge in [0.05, 0.1) is 0 Å². The fourth-order valence-corrected chi connectivity index (χ4v) is 1.94. The molecule has 22 heavy (non-hydrogen) atoms. The van der Waals surface area contributed by atoms with Gasteiger partial charge in [0.1, 0.15) is 6.04 Å². The average Bonchev–Trinajstić information content (AvgIpc) is 2.96. The molecule has 1 aromatic carbocycles. The molecular weight excluding hydrogens is 280 g/mol. The molecule has 0 aliphatic rings. The van der Waals surface area contributed by atoms with Crippen molar-refractivity contribution in [2.75, 3.05) is 0 Å². The van der Waals surface area contributed by atoms with E-state index in [4.69, 9.17) is 10.3 Å². The van der Waals surface area contributed by atoms with Gasteiger partial charge in [-0.3, -0.25) is 4.79 Å². The van der Waals surface area contributed by atoms with E-state index in [1.165, 1.54) is 0 Å². The smallest absolute Gasteiger partial charge is 0.248 e. The van der Waals surface area contributed by atoms with Crippen LogP contribution >= 0.6 is 0 Å². The minimum Gasteiger partial charge on any atom is -0.344 e. The summed E-state index contributed by atoms with van der Waals surface area (Å²) in [6.07, 6.45) is 0.598. The fraction of sp³-hybridized carbons (Fsp3) is 0.438. The Hall–Kier alpha value is -2.21. The Balaban J connectivity index is 1.97. The second-order valence-corrected chi connectivity index (χ2v) is 5.59. The molecule has 1 amide bonds. The van der Waals surface area contributed by atoms with Crippen molar-refractivity contribution in [1.29, 1.82) is 0 Å². The molecule has 0 saturated carbocycles. The van der Waals surface area contributed by atoms with Crippen LogP contribution in [0.15, 0.2) is 34.9 Å². The van der Waals surface area contributed by atoms with E-state index in [0.717, 1.165) is 5.56 Å². The van der Waals surface area contributed by atoms with E-state index in [1.807, 2.05) is 37.3 Å². The molecule has 1 aromatic heterocycles. The van der Waals surface area contributed by atoms with E-state index >= 15 is 0 Å². The lowest BCUT2D eigenvalue weighted by atomic mass is 10.0. The third-order valence-electron chi connectivity index (χ3n) is 3.62. The van der Waals surface area contributed by atoms with Gasteiger partial charge >= 0.3 is 0 Å². The Morgan fingerprint density at radius 1 is 1.27 bits per heavy atom. The summed E-state index contributed by atoms with van der Waals surface area (Å²) < 4.78 is 5.23. The standard InChI is InChI=1S/C16H22N4O2/c1-10(11(2)17)15(21)18-12(3)16-19-14(20-22-16)9-13-7-5-4-6-8-13/h4-8,10-12H,9,17H2,1-3H3,(H,18,21). The van der Waals surface area contributed by atoms with Crippen molar-refractivity contribution in [2.24, 2.45) is 11.7 Å². The first-order valence-electron chi connectivity index (χ1n) is 7.39. The lowest BCUT2D eigenvalue weighted by molar-refractivity contribution is -0.125. The van der Waals surface area contributed by atoms with Crippen molar-refractivity contribution in [1.82, 2.24) is 15.5 Å². The Bertz CT molecular complexity index is 610. The van der Waals surface area contributed by atoms with Gasteiger partial charge in [0.15, 0.2) is 5.82 Å². The SMILES string of the molecule is CC(NC(=O)C(C)C(C)N)c1nc(Cc2ccccc2)no1. The monoisotopic (exact) mass is 302 g/mol. The van der Waals surface area contributed by atoms with Gasteiger partial charge in [-0.05, 0) is 19.4 Å². The van der Waals surface area contributed by atoms with Gasteiger partial charge in [0.25, 0.3) is 0 Å². The van der Waals surface area contributed by atoms with Crippen molar-refractivity contribution >= 4 is 5.91 Å². The predicted octanol–water partition coefficient (Wildman–Crippen LogP) is 1.82. The molecule has 118 valence electrons. The summed E-state index contributed by atoms with van der Waals surface area (Å²) in [5.41, 5.74) is 6.84. The lowest BCUT2D eigenvalue weighted by Crippen LogP contribution is -2.39. The Morgan fingerprint density at radius 2 is 1.95 bits per heavy atom. The van der Waals surface area contributed by atoms with Crippen molar-refractivity contribution in [3.8, 4) is 0 Å². The highest BCUT2D eigenvalue weighted by atomic mass is 16.5. The summed E-state index contributed by atoms with van der Waals surface area (Å²) >= 11 is 0. The van der Waals surface area contributed by atoms with Crippen LogP contribution in [0.3, 0.4) is 0 Å². The molecule has 1 heterocycles.